The summed E-state index contributed by atoms with van der Waals surface area (Å²) in [6.45, 7) is 0. The highest BCUT2D eigenvalue weighted by Crippen LogP contribution is 2.26. The third kappa shape index (κ3) is 3.42. The number of methoxy groups -OCH3 is 1. The van der Waals surface area contributed by atoms with Crippen molar-refractivity contribution in [3.63, 3.8) is 0 Å². The summed E-state index contributed by atoms with van der Waals surface area (Å²) in [6.07, 6.45) is 0.0478. The van der Waals surface area contributed by atoms with Gasteiger partial charge in [-0.05, 0) is 36.4 Å². The van der Waals surface area contributed by atoms with Crippen LogP contribution in [0.1, 0.15) is 6.42 Å². The molecule has 1 aliphatic rings. The fraction of sp³-hybridized carbons (Fsp3) is 0.176. The van der Waals surface area contributed by atoms with E-state index in [-0.39, 0.29) is 18.2 Å². The molecule has 0 spiro atoms. The third-order valence-corrected chi connectivity index (χ3v) is 3.59. The molecule has 6 heteroatoms. The van der Waals surface area contributed by atoms with Gasteiger partial charge in [0.15, 0.2) is 0 Å². The van der Waals surface area contributed by atoms with Crippen molar-refractivity contribution in [1.29, 1.82) is 0 Å². The van der Waals surface area contributed by atoms with Gasteiger partial charge in [-0.15, -0.1) is 0 Å². The lowest BCUT2D eigenvalue weighted by Gasteiger charge is -2.26. The molecule has 2 aromatic rings. The molecule has 0 radical (unpaired) electrons. The zero-order valence-electron chi connectivity index (χ0n) is 12.6. The first-order chi connectivity index (χ1) is 11.2. The quantitative estimate of drug-likeness (QED) is 0.810. The second kappa shape index (κ2) is 6.39. The van der Waals surface area contributed by atoms with Crippen LogP contribution in [0.25, 0.3) is 0 Å². The summed E-state index contributed by atoms with van der Waals surface area (Å²) in [7, 11) is 1.58. The Morgan fingerprint density at radius 3 is 2.52 bits per heavy atom. The van der Waals surface area contributed by atoms with Crippen LogP contribution in [-0.4, -0.2) is 25.0 Å². The molecule has 0 unspecified atom stereocenters. The van der Waals surface area contributed by atoms with Gasteiger partial charge in [-0.3, -0.25) is 9.59 Å². The molecule has 118 valence electrons. The van der Waals surface area contributed by atoms with Crippen LogP contribution < -0.4 is 20.7 Å². The molecule has 0 aromatic heterocycles. The fourth-order valence-corrected chi connectivity index (χ4v) is 2.41. The number of anilines is 3. The smallest absolute Gasteiger partial charge is 0.247 e. The number of nitrogens with one attached hydrogen (secondary N) is 3. The second-order valence-corrected chi connectivity index (χ2v) is 5.21. The number of hydrogen-bond donors (Lipinski definition) is 3. The lowest BCUT2D eigenvalue weighted by Crippen LogP contribution is -2.41. The molecule has 1 atom stereocenters. The molecule has 0 fully saturated rings. The number of rotatable bonds is 4. The number of carbonyl (C=O) groups is 2. The first kappa shape index (κ1) is 14.9. The molecule has 3 N–H and O–H groups in total. The van der Waals surface area contributed by atoms with Gasteiger partial charge in [-0.2, -0.15) is 0 Å². The number of ether oxygens (including phenoxy) is 1. The lowest BCUT2D eigenvalue weighted by atomic mass is 10.1. The van der Waals surface area contributed by atoms with Gasteiger partial charge in [-0.1, -0.05) is 12.1 Å². The number of carbonyl (C=O) groups excluding carboxylic acids is 2. The molecule has 0 bridgehead atoms. The highest BCUT2D eigenvalue weighted by atomic mass is 16.5. The van der Waals surface area contributed by atoms with E-state index in [0.717, 1.165) is 11.4 Å². The molecular weight excluding hydrogens is 294 g/mol. The van der Waals surface area contributed by atoms with Crippen molar-refractivity contribution in [3.8, 4) is 5.75 Å². The molecular formula is C17H17N3O3. The zero-order chi connectivity index (χ0) is 16.2. The van der Waals surface area contributed by atoms with E-state index in [1.165, 1.54) is 0 Å². The minimum Gasteiger partial charge on any atom is -0.497 e. The maximum absolute atomic E-state index is 12.1. The van der Waals surface area contributed by atoms with Gasteiger partial charge in [0.2, 0.25) is 11.8 Å². The van der Waals surface area contributed by atoms with Crippen molar-refractivity contribution in [3.05, 3.63) is 48.5 Å². The summed E-state index contributed by atoms with van der Waals surface area (Å²) in [5.41, 5.74) is 2.20. The summed E-state index contributed by atoms with van der Waals surface area (Å²) < 4.78 is 5.07. The van der Waals surface area contributed by atoms with Crippen LogP contribution in [0.15, 0.2) is 48.5 Å². The topological polar surface area (TPSA) is 79.5 Å². The summed E-state index contributed by atoms with van der Waals surface area (Å²) in [6, 6.07) is 13.8. The Morgan fingerprint density at radius 1 is 1.13 bits per heavy atom. The Balaban J connectivity index is 1.62. The maximum atomic E-state index is 12.1. The number of hydrogen-bond acceptors (Lipinski definition) is 4. The van der Waals surface area contributed by atoms with Gasteiger partial charge < -0.3 is 20.7 Å². The van der Waals surface area contributed by atoms with E-state index < -0.39 is 6.04 Å². The van der Waals surface area contributed by atoms with Crippen LogP contribution >= 0.6 is 0 Å². The second-order valence-electron chi connectivity index (χ2n) is 5.21. The molecule has 0 saturated heterocycles. The SMILES string of the molecule is COc1ccc(NC(=O)C[C@H]2Nc3ccccc3NC2=O)cc1. The van der Waals surface area contributed by atoms with Gasteiger partial charge >= 0.3 is 0 Å². The van der Waals surface area contributed by atoms with Crippen molar-refractivity contribution in [2.75, 3.05) is 23.1 Å². The van der Waals surface area contributed by atoms with Crippen LogP contribution in [0, 0.1) is 0 Å². The first-order valence-corrected chi connectivity index (χ1v) is 7.26. The van der Waals surface area contributed by atoms with Crippen LogP contribution in [0.5, 0.6) is 5.75 Å². The number of para-hydroxylation sites is 2. The normalized spacial score (nSPS) is 15.9. The Labute approximate surface area is 133 Å². The average Bonchev–Trinajstić information content (AvgIpc) is 2.56. The van der Waals surface area contributed by atoms with Crippen molar-refractivity contribution < 1.29 is 14.3 Å². The molecule has 6 nitrogen and oxygen atoms in total. The van der Waals surface area contributed by atoms with E-state index in [9.17, 15) is 9.59 Å². The van der Waals surface area contributed by atoms with Crippen molar-refractivity contribution in [2.45, 2.75) is 12.5 Å². The summed E-state index contributed by atoms with van der Waals surface area (Å²) in [5, 5.41) is 8.66. The standard InChI is InChI=1S/C17H17N3O3/c1-23-12-8-6-11(7-9-12)18-16(21)10-15-17(22)20-14-5-3-2-4-13(14)19-15/h2-9,15,19H,10H2,1H3,(H,18,21)(H,20,22)/t15-/m1/s1. The van der Waals surface area contributed by atoms with Crippen LogP contribution in [-0.2, 0) is 9.59 Å². The zero-order valence-corrected chi connectivity index (χ0v) is 12.6. The average molecular weight is 311 g/mol. The van der Waals surface area contributed by atoms with E-state index in [1.54, 1.807) is 31.4 Å². The Morgan fingerprint density at radius 2 is 1.83 bits per heavy atom. The van der Waals surface area contributed by atoms with Crippen LogP contribution in [0.4, 0.5) is 17.1 Å². The summed E-state index contributed by atoms with van der Waals surface area (Å²) in [4.78, 5) is 24.2. The van der Waals surface area contributed by atoms with Crippen molar-refractivity contribution in [2.24, 2.45) is 0 Å². The van der Waals surface area contributed by atoms with E-state index >= 15 is 0 Å². The highest BCUT2D eigenvalue weighted by molar-refractivity contribution is 6.06. The fourth-order valence-electron chi connectivity index (χ4n) is 2.41. The minimum atomic E-state index is -0.594. The number of benzene rings is 2. The number of fused-ring (bicyclic) bond motifs is 1. The van der Waals surface area contributed by atoms with E-state index in [1.807, 2.05) is 24.3 Å². The van der Waals surface area contributed by atoms with E-state index in [0.29, 0.717) is 11.4 Å². The molecule has 0 saturated carbocycles. The van der Waals surface area contributed by atoms with E-state index in [4.69, 9.17) is 4.74 Å². The van der Waals surface area contributed by atoms with E-state index in [2.05, 4.69) is 16.0 Å². The molecule has 3 rings (SSSR count). The molecule has 1 heterocycles. The largest absolute Gasteiger partial charge is 0.497 e. The predicted octanol–water partition coefficient (Wildman–Crippen LogP) is 2.46. The van der Waals surface area contributed by atoms with Gasteiger partial charge in [0.05, 0.1) is 24.9 Å². The summed E-state index contributed by atoms with van der Waals surface area (Å²) >= 11 is 0. The van der Waals surface area contributed by atoms with Crippen LogP contribution in [0.2, 0.25) is 0 Å². The Hall–Kier alpha value is -3.02. The minimum absolute atomic E-state index is 0.0478. The van der Waals surface area contributed by atoms with Gasteiger partial charge in [0.25, 0.3) is 0 Å². The monoisotopic (exact) mass is 311 g/mol. The van der Waals surface area contributed by atoms with Crippen molar-refractivity contribution >= 4 is 28.9 Å². The molecule has 2 aromatic carbocycles. The Bertz CT molecular complexity index is 728. The predicted molar refractivity (Wildman–Crippen MR) is 88.7 cm³/mol. The van der Waals surface area contributed by atoms with Gasteiger partial charge in [-0.25, -0.2) is 0 Å². The third-order valence-electron chi connectivity index (χ3n) is 3.59. The van der Waals surface area contributed by atoms with Gasteiger partial charge in [0, 0.05) is 5.69 Å². The Kier molecular flexibility index (Phi) is 4.14. The maximum Gasteiger partial charge on any atom is 0.247 e. The highest BCUT2D eigenvalue weighted by Gasteiger charge is 2.27. The molecule has 2 amide bonds. The summed E-state index contributed by atoms with van der Waals surface area (Å²) in [5.74, 6) is 0.267. The lowest BCUT2D eigenvalue weighted by molar-refractivity contribution is -0.122. The molecule has 23 heavy (non-hydrogen) atoms. The van der Waals surface area contributed by atoms with Crippen LogP contribution in [0.3, 0.4) is 0 Å². The molecule has 1 aliphatic heterocycles. The first-order valence-electron chi connectivity index (χ1n) is 7.26. The van der Waals surface area contributed by atoms with Gasteiger partial charge in [0.1, 0.15) is 11.8 Å². The number of amides is 2. The van der Waals surface area contributed by atoms with Crippen molar-refractivity contribution in [1.82, 2.24) is 0 Å². The molecule has 0 aliphatic carbocycles.